The number of hydrogen-bond donors (Lipinski definition) is 1. The Morgan fingerprint density at radius 1 is 1.38 bits per heavy atom. The number of imidazole rings is 1. The van der Waals surface area contributed by atoms with Crippen LogP contribution in [0.15, 0.2) is 18.5 Å². The second kappa shape index (κ2) is 6.39. The van der Waals surface area contributed by atoms with Crippen LogP contribution in [-0.2, 0) is 25.7 Å². The number of nitrogens with two attached hydrogens (primary N) is 1. The van der Waals surface area contributed by atoms with Crippen molar-refractivity contribution in [1.29, 1.82) is 0 Å². The van der Waals surface area contributed by atoms with Gasteiger partial charge in [0, 0.05) is 31.9 Å². The van der Waals surface area contributed by atoms with Crippen LogP contribution in [0, 0.1) is 5.92 Å². The van der Waals surface area contributed by atoms with Crippen molar-refractivity contribution in [2.24, 2.45) is 5.92 Å². The predicted octanol–water partition coefficient (Wildman–Crippen LogP) is 1.97. The van der Waals surface area contributed by atoms with Crippen molar-refractivity contribution >= 4 is 5.82 Å². The fraction of sp³-hybridized carbons (Fsp3) is 0.533. The molecule has 0 aromatic carbocycles. The first-order valence-corrected chi connectivity index (χ1v) is 7.70. The maximum atomic E-state index is 12.7. The lowest BCUT2D eigenvalue weighted by atomic mass is 9.99. The van der Waals surface area contributed by atoms with Crippen LogP contribution in [0.1, 0.15) is 23.8 Å². The Kier molecular flexibility index (Phi) is 4.44. The number of aryl methyl sites for hydroxylation is 1. The molecule has 0 bridgehead atoms. The molecule has 1 atom stereocenters. The van der Waals surface area contributed by atoms with Gasteiger partial charge >= 0.3 is 6.18 Å². The lowest BCUT2D eigenvalue weighted by Gasteiger charge is -2.27. The Balaban J connectivity index is 1.60. The van der Waals surface area contributed by atoms with Crippen molar-refractivity contribution in [2.75, 3.05) is 19.3 Å². The minimum absolute atomic E-state index is 0.263. The lowest BCUT2D eigenvalue weighted by Crippen LogP contribution is -2.31. The second-order valence-electron chi connectivity index (χ2n) is 6.19. The summed E-state index contributed by atoms with van der Waals surface area (Å²) < 4.78 is 39.9. The Hall–Kier alpha value is -2.16. The molecule has 0 unspecified atom stereocenters. The van der Waals surface area contributed by atoms with Gasteiger partial charge in [-0.25, -0.2) is 15.0 Å². The zero-order valence-corrected chi connectivity index (χ0v) is 13.3. The average molecular weight is 340 g/mol. The molecule has 0 amide bonds. The van der Waals surface area contributed by atoms with E-state index < -0.39 is 11.9 Å². The molecule has 3 heterocycles. The molecule has 0 aliphatic carbocycles. The van der Waals surface area contributed by atoms with E-state index in [1.54, 1.807) is 16.8 Å². The van der Waals surface area contributed by atoms with Gasteiger partial charge in [0.15, 0.2) is 5.69 Å². The number of fused-ring (bicyclic) bond motifs is 1. The lowest BCUT2D eigenvalue weighted by molar-refractivity contribution is -0.141. The maximum absolute atomic E-state index is 12.7. The molecule has 3 rings (SSSR count). The minimum atomic E-state index is -4.39. The molecule has 2 aromatic heterocycles. The topological polar surface area (TPSA) is 72.9 Å². The van der Waals surface area contributed by atoms with Gasteiger partial charge in [-0.1, -0.05) is 0 Å². The Bertz CT molecular complexity index is 711. The zero-order valence-electron chi connectivity index (χ0n) is 13.3. The summed E-state index contributed by atoms with van der Waals surface area (Å²) >= 11 is 0. The highest BCUT2D eigenvalue weighted by atomic mass is 19.4. The monoisotopic (exact) mass is 340 g/mol. The van der Waals surface area contributed by atoms with Crippen LogP contribution >= 0.6 is 0 Å². The van der Waals surface area contributed by atoms with Gasteiger partial charge in [-0.3, -0.25) is 4.90 Å². The molecule has 1 aliphatic rings. The molecular formula is C15H19F3N6. The van der Waals surface area contributed by atoms with Gasteiger partial charge in [-0.2, -0.15) is 13.2 Å². The van der Waals surface area contributed by atoms with Crippen molar-refractivity contribution < 1.29 is 13.2 Å². The van der Waals surface area contributed by atoms with E-state index in [-0.39, 0.29) is 5.92 Å². The van der Waals surface area contributed by atoms with E-state index in [1.165, 1.54) is 0 Å². The summed E-state index contributed by atoms with van der Waals surface area (Å²) in [6, 6.07) is 1.63. The van der Waals surface area contributed by atoms with Crippen LogP contribution < -0.4 is 5.73 Å². The molecule has 24 heavy (non-hydrogen) atoms. The molecule has 130 valence electrons. The molecular weight excluding hydrogens is 321 g/mol. The van der Waals surface area contributed by atoms with Crippen LogP contribution in [-0.4, -0.2) is 38.0 Å². The molecule has 2 N–H and O–H groups in total. The van der Waals surface area contributed by atoms with E-state index in [2.05, 4.69) is 19.9 Å². The Morgan fingerprint density at radius 3 is 2.88 bits per heavy atom. The summed E-state index contributed by atoms with van der Waals surface area (Å²) in [6.07, 6.45) is -0.286. The summed E-state index contributed by atoms with van der Waals surface area (Å²) in [7, 11) is 1.94. The van der Waals surface area contributed by atoms with Crippen LogP contribution in [0.5, 0.6) is 0 Å². The van der Waals surface area contributed by atoms with Crippen LogP contribution in [0.4, 0.5) is 19.0 Å². The number of aromatic nitrogens is 4. The minimum Gasteiger partial charge on any atom is -0.384 e. The van der Waals surface area contributed by atoms with Crippen molar-refractivity contribution in [3.8, 4) is 0 Å². The molecule has 0 spiro atoms. The van der Waals surface area contributed by atoms with Gasteiger partial charge in [0.2, 0.25) is 0 Å². The van der Waals surface area contributed by atoms with Gasteiger partial charge in [0.1, 0.15) is 17.5 Å². The molecule has 1 aliphatic heterocycles. The van der Waals surface area contributed by atoms with Crippen molar-refractivity contribution in [2.45, 2.75) is 32.1 Å². The SMILES string of the molecule is CN(Cc1nccc(N)n1)C[C@@H]1CCc2nc(C(F)(F)F)cn2C1. The average Bonchev–Trinajstić information content (AvgIpc) is 2.90. The Labute approximate surface area is 137 Å². The van der Waals surface area contributed by atoms with Crippen LogP contribution in [0.3, 0.4) is 0 Å². The summed E-state index contributed by atoms with van der Waals surface area (Å²) in [5, 5.41) is 0. The van der Waals surface area contributed by atoms with E-state index in [0.717, 1.165) is 19.2 Å². The highest BCUT2D eigenvalue weighted by molar-refractivity contribution is 5.24. The van der Waals surface area contributed by atoms with E-state index in [1.807, 2.05) is 7.05 Å². The smallest absolute Gasteiger partial charge is 0.384 e. The normalized spacial score (nSPS) is 18.0. The van der Waals surface area contributed by atoms with Gasteiger partial charge in [-0.15, -0.1) is 0 Å². The second-order valence-corrected chi connectivity index (χ2v) is 6.19. The fourth-order valence-electron chi connectivity index (χ4n) is 3.04. The number of hydrogen-bond acceptors (Lipinski definition) is 5. The number of halogens is 3. The number of alkyl halides is 3. The number of nitrogen functional groups attached to an aromatic ring is 1. The third kappa shape index (κ3) is 3.84. The zero-order chi connectivity index (χ0) is 17.3. The summed E-state index contributed by atoms with van der Waals surface area (Å²) in [5.41, 5.74) is 4.83. The molecule has 6 nitrogen and oxygen atoms in total. The van der Waals surface area contributed by atoms with Gasteiger partial charge < -0.3 is 10.3 Å². The fourth-order valence-corrected chi connectivity index (χ4v) is 3.04. The Morgan fingerprint density at radius 2 is 2.17 bits per heavy atom. The third-order valence-electron chi connectivity index (χ3n) is 4.09. The van der Waals surface area contributed by atoms with E-state index in [0.29, 0.717) is 37.0 Å². The van der Waals surface area contributed by atoms with Crippen molar-refractivity contribution in [1.82, 2.24) is 24.4 Å². The molecule has 0 saturated heterocycles. The van der Waals surface area contributed by atoms with Gasteiger partial charge in [0.05, 0.1) is 6.54 Å². The third-order valence-corrected chi connectivity index (χ3v) is 4.09. The highest BCUT2D eigenvalue weighted by Gasteiger charge is 2.35. The molecule has 0 saturated carbocycles. The standard InChI is InChI=1S/C15H19F3N6/c1-23(9-13-20-5-4-12(19)22-13)6-10-2-3-14-21-11(15(16,17)18)8-24(14)7-10/h4-5,8,10H,2-3,6-7,9H2,1H3,(H2,19,20,22)/t10-/m0/s1. The summed E-state index contributed by atoms with van der Waals surface area (Å²) in [5.74, 6) is 1.84. The summed E-state index contributed by atoms with van der Waals surface area (Å²) in [4.78, 5) is 14.1. The quantitative estimate of drug-likeness (QED) is 0.921. The highest BCUT2D eigenvalue weighted by Crippen LogP contribution is 2.30. The van der Waals surface area contributed by atoms with Gasteiger partial charge in [0.25, 0.3) is 0 Å². The molecule has 0 fully saturated rings. The first kappa shape index (κ1) is 16.7. The van der Waals surface area contributed by atoms with Crippen LogP contribution in [0.2, 0.25) is 0 Å². The largest absolute Gasteiger partial charge is 0.434 e. The molecule has 2 aromatic rings. The number of anilines is 1. The number of rotatable bonds is 4. The van der Waals surface area contributed by atoms with E-state index in [4.69, 9.17) is 5.73 Å². The summed E-state index contributed by atoms with van der Waals surface area (Å²) in [6.45, 7) is 1.84. The number of nitrogens with zero attached hydrogens (tertiary/aromatic N) is 5. The first-order valence-electron chi connectivity index (χ1n) is 7.70. The van der Waals surface area contributed by atoms with Crippen molar-refractivity contribution in [3.63, 3.8) is 0 Å². The van der Waals surface area contributed by atoms with Crippen molar-refractivity contribution in [3.05, 3.63) is 35.8 Å². The van der Waals surface area contributed by atoms with Gasteiger partial charge in [-0.05, 0) is 25.5 Å². The predicted molar refractivity (Wildman–Crippen MR) is 81.8 cm³/mol. The van der Waals surface area contributed by atoms with E-state index >= 15 is 0 Å². The van der Waals surface area contributed by atoms with E-state index in [9.17, 15) is 13.2 Å². The molecule has 0 radical (unpaired) electrons. The first-order chi connectivity index (χ1) is 11.3. The molecule has 9 heteroatoms. The maximum Gasteiger partial charge on any atom is 0.434 e. The van der Waals surface area contributed by atoms with Crippen LogP contribution in [0.25, 0.3) is 0 Å².